The lowest BCUT2D eigenvalue weighted by Gasteiger charge is -2.21. The zero-order chi connectivity index (χ0) is 25.7. The third-order valence-corrected chi connectivity index (χ3v) is 7.43. The topological polar surface area (TPSA) is 87.7 Å². The minimum atomic E-state index is -3.55. The summed E-state index contributed by atoms with van der Waals surface area (Å²) in [6, 6.07) is 13.4. The fraction of sp³-hybridized carbons (Fsp3) is 0.462. The summed E-state index contributed by atoms with van der Waals surface area (Å²) in [7, 11) is -3.55. The predicted octanol–water partition coefficient (Wildman–Crippen LogP) is 5.58. The Hall–Kier alpha value is -2.49. The highest BCUT2D eigenvalue weighted by Crippen LogP contribution is 2.20. The average molecular weight is 520 g/mol. The first kappa shape index (κ1) is 28.7. The van der Waals surface area contributed by atoms with Crippen molar-refractivity contribution in [2.24, 2.45) is 0 Å². The van der Waals surface area contributed by atoms with Crippen LogP contribution in [0.2, 0.25) is 0 Å². The lowest BCUT2D eigenvalue weighted by molar-refractivity contribution is 0.0973. The van der Waals surface area contributed by atoms with Gasteiger partial charge in [-0.3, -0.25) is 10.1 Å². The molecule has 2 N–H and O–H groups in total. The van der Waals surface area contributed by atoms with Crippen molar-refractivity contribution in [2.75, 3.05) is 25.0 Å². The first-order chi connectivity index (χ1) is 16.8. The van der Waals surface area contributed by atoms with Gasteiger partial charge in [0, 0.05) is 18.8 Å². The number of anilines is 1. The number of hydrogen-bond acceptors (Lipinski definition) is 5. The Bertz CT molecular complexity index is 1050. The van der Waals surface area contributed by atoms with Gasteiger partial charge in [-0.1, -0.05) is 52.2 Å². The fourth-order valence-electron chi connectivity index (χ4n) is 3.53. The van der Waals surface area contributed by atoms with E-state index in [4.69, 9.17) is 17.0 Å². The molecule has 0 radical (unpaired) electrons. The number of hydrogen-bond donors (Lipinski definition) is 2. The van der Waals surface area contributed by atoms with Crippen LogP contribution in [0.1, 0.15) is 69.7 Å². The second kappa shape index (κ2) is 14.8. The largest absolute Gasteiger partial charge is 0.493 e. The van der Waals surface area contributed by atoms with Crippen molar-refractivity contribution >= 4 is 38.9 Å². The summed E-state index contributed by atoms with van der Waals surface area (Å²) in [5, 5.41) is 5.72. The molecule has 0 saturated carbocycles. The second-order valence-corrected chi connectivity index (χ2v) is 10.6. The standard InChI is InChI=1S/C26H37N3O4S2/c1-4-7-8-11-20-33-24-13-10-9-12-23(24)25(30)28-26(34)27-21-14-16-22(17-15-21)35(31,32)29(18-5-2)19-6-3/h9-10,12-17H,4-8,11,18-20H2,1-3H3,(H2,27,28,30,34). The van der Waals surface area contributed by atoms with Gasteiger partial charge in [-0.2, -0.15) is 4.31 Å². The number of carbonyl (C=O) groups is 1. The van der Waals surface area contributed by atoms with Crippen LogP contribution in [0.5, 0.6) is 5.75 Å². The highest BCUT2D eigenvalue weighted by molar-refractivity contribution is 7.89. The number of ether oxygens (including phenoxy) is 1. The van der Waals surface area contributed by atoms with Crippen molar-refractivity contribution in [1.82, 2.24) is 9.62 Å². The molecule has 0 bridgehead atoms. The first-order valence-corrected chi connectivity index (χ1v) is 14.1. The van der Waals surface area contributed by atoms with Crippen molar-refractivity contribution in [3.8, 4) is 5.75 Å². The number of para-hydroxylation sites is 1. The van der Waals surface area contributed by atoms with E-state index >= 15 is 0 Å². The van der Waals surface area contributed by atoms with Gasteiger partial charge in [0.15, 0.2) is 5.11 Å². The lowest BCUT2D eigenvalue weighted by Crippen LogP contribution is -2.34. The molecule has 192 valence electrons. The number of sulfonamides is 1. The van der Waals surface area contributed by atoms with Gasteiger partial charge in [-0.25, -0.2) is 8.42 Å². The number of amides is 1. The second-order valence-electron chi connectivity index (χ2n) is 8.24. The average Bonchev–Trinajstić information content (AvgIpc) is 2.84. The Morgan fingerprint density at radius 2 is 1.57 bits per heavy atom. The molecule has 1 amide bonds. The molecule has 2 aromatic rings. The summed E-state index contributed by atoms with van der Waals surface area (Å²) < 4.78 is 33.2. The van der Waals surface area contributed by atoms with Gasteiger partial charge in [-0.15, -0.1) is 0 Å². The summed E-state index contributed by atoms with van der Waals surface area (Å²) in [5.74, 6) is 0.142. The van der Waals surface area contributed by atoms with Gasteiger partial charge in [0.25, 0.3) is 5.91 Å². The lowest BCUT2D eigenvalue weighted by atomic mass is 10.2. The third kappa shape index (κ3) is 8.91. The number of unbranched alkanes of at least 4 members (excludes halogenated alkanes) is 3. The monoisotopic (exact) mass is 519 g/mol. The van der Waals surface area contributed by atoms with Crippen LogP contribution >= 0.6 is 12.2 Å². The molecule has 35 heavy (non-hydrogen) atoms. The number of thiocarbonyl (C=S) groups is 1. The van der Waals surface area contributed by atoms with E-state index < -0.39 is 10.0 Å². The van der Waals surface area contributed by atoms with Gasteiger partial charge in [0.05, 0.1) is 17.1 Å². The molecule has 0 spiro atoms. The maximum Gasteiger partial charge on any atom is 0.261 e. The van der Waals surface area contributed by atoms with Gasteiger partial charge in [0.1, 0.15) is 5.75 Å². The predicted molar refractivity (Wildman–Crippen MR) is 146 cm³/mol. The maximum atomic E-state index is 12.9. The molecule has 0 unspecified atom stereocenters. The molecule has 0 saturated heterocycles. The van der Waals surface area contributed by atoms with Crippen molar-refractivity contribution < 1.29 is 17.9 Å². The smallest absolute Gasteiger partial charge is 0.261 e. The molecule has 0 heterocycles. The van der Waals surface area contributed by atoms with E-state index in [-0.39, 0.29) is 15.9 Å². The SMILES string of the molecule is CCCCCCOc1ccccc1C(=O)NC(=S)Nc1ccc(S(=O)(=O)N(CCC)CCC)cc1. The van der Waals surface area contributed by atoms with Crippen LogP contribution in [0.3, 0.4) is 0 Å². The number of carbonyl (C=O) groups excluding carboxylic acids is 1. The number of nitrogens with zero attached hydrogens (tertiary/aromatic N) is 1. The zero-order valence-electron chi connectivity index (χ0n) is 20.9. The van der Waals surface area contributed by atoms with Crippen LogP contribution in [0.4, 0.5) is 5.69 Å². The van der Waals surface area contributed by atoms with Gasteiger partial charge >= 0.3 is 0 Å². The molecule has 0 fully saturated rings. The van der Waals surface area contributed by atoms with Gasteiger partial charge < -0.3 is 10.1 Å². The van der Waals surface area contributed by atoms with Gasteiger partial charge in [0.2, 0.25) is 10.0 Å². The molecule has 7 nitrogen and oxygen atoms in total. The number of rotatable bonds is 14. The van der Waals surface area contributed by atoms with Crippen molar-refractivity contribution in [1.29, 1.82) is 0 Å². The summed E-state index contributed by atoms with van der Waals surface area (Å²) in [6.45, 7) is 7.59. The summed E-state index contributed by atoms with van der Waals surface area (Å²) >= 11 is 5.30. The van der Waals surface area contributed by atoms with E-state index in [1.54, 1.807) is 42.5 Å². The molecule has 0 aliphatic rings. The third-order valence-electron chi connectivity index (χ3n) is 5.31. The highest BCUT2D eigenvalue weighted by Gasteiger charge is 2.23. The summed E-state index contributed by atoms with van der Waals surface area (Å²) in [5.41, 5.74) is 0.979. The Balaban J connectivity index is 1.99. The van der Waals surface area contributed by atoms with E-state index in [0.717, 1.165) is 38.5 Å². The van der Waals surface area contributed by atoms with Crippen LogP contribution in [0, 0.1) is 0 Å². The first-order valence-electron chi connectivity index (χ1n) is 12.3. The van der Waals surface area contributed by atoms with Gasteiger partial charge in [-0.05, 0) is 67.9 Å². The van der Waals surface area contributed by atoms with Crippen molar-refractivity contribution in [3.63, 3.8) is 0 Å². The van der Waals surface area contributed by atoms with E-state index in [9.17, 15) is 13.2 Å². The minimum Gasteiger partial charge on any atom is -0.493 e. The van der Waals surface area contributed by atoms with E-state index in [0.29, 0.717) is 36.7 Å². The van der Waals surface area contributed by atoms with Crippen LogP contribution in [0.15, 0.2) is 53.4 Å². The summed E-state index contributed by atoms with van der Waals surface area (Å²) in [4.78, 5) is 13.0. The highest BCUT2D eigenvalue weighted by atomic mass is 32.2. The Morgan fingerprint density at radius 3 is 2.20 bits per heavy atom. The van der Waals surface area contributed by atoms with Crippen LogP contribution < -0.4 is 15.4 Å². The zero-order valence-corrected chi connectivity index (χ0v) is 22.5. The molecule has 2 rings (SSSR count). The number of nitrogens with one attached hydrogen (secondary N) is 2. The van der Waals surface area contributed by atoms with Crippen LogP contribution in [-0.4, -0.2) is 43.4 Å². The molecule has 0 aromatic heterocycles. The van der Waals surface area contributed by atoms with Crippen LogP contribution in [-0.2, 0) is 10.0 Å². The molecular weight excluding hydrogens is 482 g/mol. The Morgan fingerprint density at radius 1 is 0.914 bits per heavy atom. The van der Waals surface area contributed by atoms with E-state index in [1.165, 1.54) is 4.31 Å². The van der Waals surface area contributed by atoms with Crippen LogP contribution in [0.25, 0.3) is 0 Å². The van der Waals surface area contributed by atoms with E-state index in [2.05, 4.69) is 17.6 Å². The fourth-order valence-corrected chi connectivity index (χ4v) is 5.37. The molecule has 0 atom stereocenters. The van der Waals surface area contributed by atoms with E-state index in [1.807, 2.05) is 19.9 Å². The maximum absolute atomic E-state index is 12.9. The Kier molecular flexibility index (Phi) is 12.2. The quantitative estimate of drug-likeness (QED) is 0.250. The van der Waals surface area contributed by atoms with Crippen molar-refractivity contribution in [3.05, 3.63) is 54.1 Å². The normalized spacial score (nSPS) is 11.3. The molecule has 0 aliphatic carbocycles. The van der Waals surface area contributed by atoms with Crippen molar-refractivity contribution in [2.45, 2.75) is 64.2 Å². The molecular formula is C26H37N3O4S2. The Labute approximate surface area is 215 Å². The molecule has 2 aromatic carbocycles. The summed E-state index contributed by atoms with van der Waals surface area (Å²) in [6.07, 6.45) is 5.84. The molecule has 9 heteroatoms. The minimum absolute atomic E-state index is 0.113. The number of benzene rings is 2. The molecule has 0 aliphatic heterocycles.